The van der Waals surface area contributed by atoms with Crippen molar-refractivity contribution in [2.24, 2.45) is 12.0 Å². The number of benzene rings is 1. The molecule has 2 amide bonds. The van der Waals surface area contributed by atoms with E-state index in [4.69, 9.17) is 0 Å². The molecule has 0 radical (unpaired) electrons. The quantitative estimate of drug-likeness (QED) is 0.787. The maximum absolute atomic E-state index is 12.5. The average molecular weight is 361 g/mol. The first-order chi connectivity index (χ1) is 11.6. The molecule has 2 heterocycles. The Labute approximate surface area is 149 Å². The van der Waals surface area contributed by atoms with Crippen LogP contribution in [0.1, 0.15) is 23.2 Å². The van der Waals surface area contributed by atoms with E-state index in [9.17, 15) is 9.59 Å². The molecule has 7 heteroatoms. The van der Waals surface area contributed by atoms with Crippen LogP contribution in [-0.4, -0.2) is 40.1 Å². The van der Waals surface area contributed by atoms with Gasteiger partial charge in [-0.05, 0) is 25.0 Å². The molecule has 5 nitrogen and oxygen atoms in total. The largest absolute Gasteiger partial charge is 0.342 e. The van der Waals surface area contributed by atoms with Crippen LogP contribution in [0.5, 0.6) is 0 Å². The third-order valence-electron chi connectivity index (χ3n) is 3.88. The van der Waals surface area contributed by atoms with Crippen LogP contribution in [0, 0.1) is 0 Å². The Bertz CT molecular complexity index is 804. The second-order valence-corrected chi connectivity index (χ2v) is 7.48. The number of amides is 2. The van der Waals surface area contributed by atoms with Gasteiger partial charge in [0.05, 0.1) is 11.3 Å². The van der Waals surface area contributed by atoms with Crippen LogP contribution in [0.15, 0.2) is 45.7 Å². The van der Waals surface area contributed by atoms with Crippen molar-refractivity contribution in [3.05, 3.63) is 46.2 Å². The van der Waals surface area contributed by atoms with Crippen LogP contribution in [0.2, 0.25) is 0 Å². The minimum absolute atomic E-state index is 0.140. The lowest BCUT2D eigenvalue weighted by molar-refractivity contribution is -0.127. The molecular formula is C17H19N3O2S2. The van der Waals surface area contributed by atoms with Gasteiger partial charge in [0.25, 0.3) is 5.91 Å². The Morgan fingerprint density at radius 3 is 2.71 bits per heavy atom. The van der Waals surface area contributed by atoms with Crippen LogP contribution in [0.3, 0.4) is 0 Å². The molecule has 0 unspecified atom stereocenters. The Morgan fingerprint density at radius 2 is 2.00 bits per heavy atom. The van der Waals surface area contributed by atoms with Crippen molar-refractivity contribution in [3.8, 4) is 0 Å². The fraction of sp³-hybridized carbons (Fsp3) is 0.353. The molecule has 3 rings (SSSR count). The molecule has 0 atom stereocenters. The van der Waals surface area contributed by atoms with Crippen molar-refractivity contribution in [2.75, 3.05) is 18.8 Å². The van der Waals surface area contributed by atoms with Crippen LogP contribution in [0.25, 0.3) is 0 Å². The topological polar surface area (TPSA) is 54.7 Å². The van der Waals surface area contributed by atoms with Gasteiger partial charge in [0, 0.05) is 36.6 Å². The predicted molar refractivity (Wildman–Crippen MR) is 96.2 cm³/mol. The van der Waals surface area contributed by atoms with E-state index in [2.05, 4.69) is 4.99 Å². The zero-order chi connectivity index (χ0) is 16.9. The molecule has 0 N–H and O–H groups in total. The van der Waals surface area contributed by atoms with E-state index in [1.165, 1.54) is 23.1 Å². The van der Waals surface area contributed by atoms with Gasteiger partial charge in [0.2, 0.25) is 5.91 Å². The van der Waals surface area contributed by atoms with E-state index in [0.29, 0.717) is 16.1 Å². The highest BCUT2D eigenvalue weighted by atomic mass is 32.2. The van der Waals surface area contributed by atoms with E-state index in [-0.39, 0.29) is 11.8 Å². The predicted octanol–water partition coefficient (Wildman–Crippen LogP) is 2.54. The highest BCUT2D eigenvalue weighted by Gasteiger charge is 2.19. The SMILES string of the molecule is Cn1ccsc1=NC(=O)c1ccccc1SCC(=O)N1CCCC1. The molecule has 1 aliphatic heterocycles. The fourth-order valence-electron chi connectivity index (χ4n) is 2.55. The molecule has 0 aliphatic carbocycles. The maximum Gasteiger partial charge on any atom is 0.280 e. The Kier molecular flexibility index (Phi) is 5.52. The van der Waals surface area contributed by atoms with Crippen molar-refractivity contribution in [3.63, 3.8) is 0 Å². The van der Waals surface area contributed by atoms with Crippen molar-refractivity contribution in [1.29, 1.82) is 0 Å². The van der Waals surface area contributed by atoms with Crippen LogP contribution in [-0.2, 0) is 11.8 Å². The maximum atomic E-state index is 12.5. The number of hydrogen-bond acceptors (Lipinski definition) is 4. The summed E-state index contributed by atoms with van der Waals surface area (Å²) >= 11 is 2.83. The second-order valence-electron chi connectivity index (χ2n) is 5.59. The Hall–Kier alpha value is -1.86. The molecule has 126 valence electrons. The summed E-state index contributed by atoms with van der Waals surface area (Å²) in [6.07, 6.45) is 4.04. The van der Waals surface area contributed by atoms with Gasteiger partial charge in [-0.15, -0.1) is 23.1 Å². The molecule has 0 spiro atoms. The zero-order valence-electron chi connectivity index (χ0n) is 13.5. The van der Waals surface area contributed by atoms with Crippen molar-refractivity contribution >= 4 is 34.9 Å². The molecule has 24 heavy (non-hydrogen) atoms. The molecule has 2 aromatic rings. The average Bonchev–Trinajstić information content (AvgIpc) is 3.25. The van der Waals surface area contributed by atoms with E-state index >= 15 is 0 Å². The number of carbonyl (C=O) groups excluding carboxylic acids is 2. The number of likely N-dealkylation sites (tertiary alicyclic amines) is 1. The number of aromatic nitrogens is 1. The number of hydrogen-bond donors (Lipinski definition) is 0. The van der Waals surface area contributed by atoms with Gasteiger partial charge in [-0.2, -0.15) is 4.99 Å². The first kappa shape index (κ1) is 17.0. The highest BCUT2D eigenvalue weighted by molar-refractivity contribution is 8.00. The lowest BCUT2D eigenvalue weighted by Crippen LogP contribution is -2.29. The number of aryl methyl sites for hydroxylation is 1. The molecule has 1 aliphatic rings. The molecule has 1 aromatic heterocycles. The monoisotopic (exact) mass is 361 g/mol. The third-order valence-corrected chi connectivity index (χ3v) is 5.79. The smallest absolute Gasteiger partial charge is 0.280 e. The number of nitrogens with zero attached hydrogens (tertiary/aromatic N) is 3. The fourth-order valence-corrected chi connectivity index (χ4v) is 4.22. The normalized spacial score (nSPS) is 15.0. The standard InChI is InChI=1S/C17H19N3O2S2/c1-19-10-11-23-17(19)18-16(22)13-6-2-3-7-14(13)24-12-15(21)20-8-4-5-9-20/h2-3,6-7,10-11H,4-5,8-9,12H2,1H3. The minimum atomic E-state index is -0.273. The van der Waals surface area contributed by atoms with Gasteiger partial charge >= 0.3 is 0 Å². The molecule has 0 bridgehead atoms. The van der Waals surface area contributed by atoms with E-state index < -0.39 is 0 Å². The van der Waals surface area contributed by atoms with Crippen molar-refractivity contribution < 1.29 is 9.59 Å². The van der Waals surface area contributed by atoms with Gasteiger partial charge in [-0.25, -0.2) is 0 Å². The van der Waals surface area contributed by atoms with E-state index in [0.717, 1.165) is 30.8 Å². The van der Waals surface area contributed by atoms with Crippen molar-refractivity contribution in [1.82, 2.24) is 9.47 Å². The molecule has 0 saturated carbocycles. The van der Waals surface area contributed by atoms with Crippen LogP contribution < -0.4 is 4.80 Å². The molecule has 1 saturated heterocycles. The lowest BCUT2D eigenvalue weighted by Gasteiger charge is -2.15. The summed E-state index contributed by atoms with van der Waals surface area (Å²) in [6.45, 7) is 1.70. The number of rotatable bonds is 4. The Morgan fingerprint density at radius 1 is 1.25 bits per heavy atom. The Balaban J connectivity index is 1.74. The molecule has 1 fully saturated rings. The summed E-state index contributed by atoms with van der Waals surface area (Å²) < 4.78 is 1.81. The summed E-state index contributed by atoms with van der Waals surface area (Å²) in [6, 6.07) is 7.34. The zero-order valence-corrected chi connectivity index (χ0v) is 15.1. The van der Waals surface area contributed by atoms with Crippen LogP contribution >= 0.6 is 23.1 Å². The molecular weight excluding hydrogens is 342 g/mol. The second kappa shape index (κ2) is 7.81. The van der Waals surface area contributed by atoms with Gasteiger partial charge in [-0.1, -0.05) is 12.1 Å². The summed E-state index contributed by atoms with van der Waals surface area (Å²) in [5.74, 6) is 0.225. The highest BCUT2D eigenvalue weighted by Crippen LogP contribution is 2.24. The summed E-state index contributed by atoms with van der Waals surface area (Å²) in [4.78, 5) is 32.2. The first-order valence-electron chi connectivity index (χ1n) is 7.84. The lowest BCUT2D eigenvalue weighted by atomic mass is 10.2. The number of carbonyl (C=O) groups is 2. The third kappa shape index (κ3) is 3.96. The molecule has 1 aromatic carbocycles. The van der Waals surface area contributed by atoms with Gasteiger partial charge in [-0.3, -0.25) is 9.59 Å². The van der Waals surface area contributed by atoms with E-state index in [1.807, 2.05) is 46.3 Å². The summed E-state index contributed by atoms with van der Waals surface area (Å²) in [5, 5.41) is 1.89. The van der Waals surface area contributed by atoms with Crippen molar-refractivity contribution in [2.45, 2.75) is 17.7 Å². The van der Waals surface area contributed by atoms with Gasteiger partial charge < -0.3 is 9.47 Å². The van der Waals surface area contributed by atoms with E-state index in [1.54, 1.807) is 6.07 Å². The number of thioether (sulfide) groups is 1. The summed E-state index contributed by atoms with van der Waals surface area (Å²) in [5.41, 5.74) is 0.546. The van der Waals surface area contributed by atoms with Gasteiger partial charge in [0.1, 0.15) is 0 Å². The summed E-state index contributed by atoms with van der Waals surface area (Å²) in [7, 11) is 1.86. The first-order valence-corrected chi connectivity index (χ1v) is 9.70. The minimum Gasteiger partial charge on any atom is -0.342 e. The van der Waals surface area contributed by atoms with Crippen LogP contribution in [0.4, 0.5) is 0 Å². The van der Waals surface area contributed by atoms with Gasteiger partial charge in [0.15, 0.2) is 4.80 Å². The number of thiazole rings is 1.